The fourth-order valence-corrected chi connectivity index (χ4v) is 2.11. The van der Waals surface area contributed by atoms with Gasteiger partial charge in [0, 0.05) is 13.0 Å². The third-order valence-corrected chi connectivity index (χ3v) is 2.91. The highest BCUT2D eigenvalue weighted by Crippen LogP contribution is 2.32. The molecule has 0 aromatic heterocycles. The van der Waals surface area contributed by atoms with Crippen LogP contribution in [0.4, 0.5) is 11.4 Å². The summed E-state index contributed by atoms with van der Waals surface area (Å²) in [6.07, 6.45) is 1.20. The van der Waals surface area contributed by atoms with Crippen LogP contribution in [-0.2, 0) is 4.79 Å². The highest BCUT2D eigenvalue weighted by Gasteiger charge is 2.26. The summed E-state index contributed by atoms with van der Waals surface area (Å²) >= 11 is 0. The summed E-state index contributed by atoms with van der Waals surface area (Å²) in [5.74, 6) is 0.0675. The number of rotatable bonds is 2. The molecule has 0 spiro atoms. The molecule has 0 unspecified atom stereocenters. The predicted molar refractivity (Wildman–Crippen MR) is 64.3 cm³/mol. The zero-order valence-corrected chi connectivity index (χ0v) is 9.63. The number of hydrogen-bond acceptors (Lipinski definition) is 5. The van der Waals surface area contributed by atoms with Gasteiger partial charge in [-0.25, -0.2) is 0 Å². The largest absolute Gasteiger partial charge is 0.359 e. The third kappa shape index (κ3) is 2.15. The molecule has 18 heavy (non-hydrogen) atoms. The average molecular weight is 245 g/mol. The molecule has 0 saturated carbocycles. The van der Waals surface area contributed by atoms with Crippen molar-refractivity contribution in [3.8, 4) is 6.07 Å². The van der Waals surface area contributed by atoms with Gasteiger partial charge in [0.05, 0.1) is 11.5 Å². The number of nitrogens with zero attached hydrogens (tertiary/aromatic N) is 3. The summed E-state index contributed by atoms with van der Waals surface area (Å²) in [5, 5.41) is 20.0. The van der Waals surface area contributed by atoms with E-state index in [-0.39, 0.29) is 23.6 Å². The molecule has 0 radical (unpaired) electrons. The van der Waals surface area contributed by atoms with Gasteiger partial charge < -0.3 is 4.90 Å². The molecule has 0 bridgehead atoms. The molecule has 6 heteroatoms. The molecule has 1 saturated heterocycles. The average Bonchev–Trinajstić information content (AvgIpc) is 2.37. The number of nitro benzene ring substituents is 1. The Morgan fingerprint density at radius 1 is 1.44 bits per heavy atom. The molecule has 6 nitrogen and oxygen atoms in total. The summed E-state index contributed by atoms with van der Waals surface area (Å²) in [4.78, 5) is 23.6. The summed E-state index contributed by atoms with van der Waals surface area (Å²) in [7, 11) is 0. The van der Waals surface area contributed by atoms with Crippen LogP contribution in [0.1, 0.15) is 18.4 Å². The number of carbonyl (C=O) groups excluding carboxylic acids is 1. The fraction of sp³-hybridized carbons (Fsp3) is 0.333. The van der Waals surface area contributed by atoms with E-state index in [9.17, 15) is 14.9 Å². The lowest BCUT2D eigenvalue weighted by Crippen LogP contribution is -2.35. The number of ketones is 1. The van der Waals surface area contributed by atoms with E-state index in [0.29, 0.717) is 25.1 Å². The van der Waals surface area contributed by atoms with Gasteiger partial charge in [-0.15, -0.1) is 0 Å². The van der Waals surface area contributed by atoms with Crippen LogP contribution in [0.25, 0.3) is 0 Å². The summed E-state index contributed by atoms with van der Waals surface area (Å²) < 4.78 is 0. The minimum absolute atomic E-state index is 0.0236. The van der Waals surface area contributed by atoms with Crippen LogP contribution in [0.3, 0.4) is 0 Å². The molecule has 92 valence electrons. The van der Waals surface area contributed by atoms with Crippen LogP contribution in [0.15, 0.2) is 18.2 Å². The van der Waals surface area contributed by atoms with Gasteiger partial charge in [-0.3, -0.25) is 14.9 Å². The van der Waals surface area contributed by atoms with Crippen molar-refractivity contribution in [3.05, 3.63) is 33.9 Å². The van der Waals surface area contributed by atoms with Crippen LogP contribution in [0, 0.1) is 21.4 Å². The molecule has 1 fully saturated rings. The maximum Gasteiger partial charge on any atom is 0.310 e. The van der Waals surface area contributed by atoms with E-state index < -0.39 is 4.92 Å². The van der Waals surface area contributed by atoms with Crippen LogP contribution in [0.5, 0.6) is 0 Å². The Bertz CT molecular complexity index is 548. The van der Waals surface area contributed by atoms with Crippen LogP contribution >= 0.6 is 0 Å². The van der Waals surface area contributed by atoms with Crippen molar-refractivity contribution in [2.45, 2.75) is 12.8 Å². The number of nitriles is 1. The first kappa shape index (κ1) is 12.0. The van der Waals surface area contributed by atoms with Gasteiger partial charge in [-0.1, -0.05) is 6.07 Å². The topological polar surface area (TPSA) is 87.2 Å². The fourth-order valence-electron chi connectivity index (χ4n) is 2.11. The molecule has 0 aliphatic carbocycles. The van der Waals surface area contributed by atoms with Crippen molar-refractivity contribution in [1.29, 1.82) is 5.26 Å². The van der Waals surface area contributed by atoms with Gasteiger partial charge >= 0.3 is 5.69 Å². The zero-order valence-electron chi connectivity index (χ0n) is 9.63. The lowest BCUT2D eigenvalue weighted by atomic mass is 10.1. The van der Waals surface area contributed by atoms with Crippen molar-refractivity contribution >= 4 is 17.2 Å². The molecular formula is C12H11N3O3. The monoisotopic (exact) mass is 245 g/mol. The summed E-state index contributed by atoms with van der Waals surface area (Å²) in [5.41, 5.74) is 0.164. The Hall–Kier alpha value is -2.42. The standard InChI is InChI=1S/C12H11N3O3/c13-7-9-3-1-5-11(12(9)15(17)18)14-6-2-4-10(16)8-14/h1,3,5H,2,4,6,8H2. The summed E-state index contributed by atoms with van der Waals surface area (Å²) in [6, 6.07) is 6.40. The van der Waals surface area contributed by atoms with Gasteiger partial charge in [-0.05, 0) is 18.6 Å². The molecule has 1 aliphatic heterocycles. The van der Waals surface area contributed by atoms with Crippen molar-refractivity contribution in [1.82, 2.24) is 0 Å². The molecular weight excluding hydrogens is 234 g/mol. The molecule has 1 aromatic rings. The van der Waals surface area contributed by atoms with Crippen LogP contribution in [0.2, 0.25) is 0 Å². The van der Waals surface area contributed by atoms with Gasteiger partial charge in [0.2, 0.25) is 0 Å². The Labute approximate surface area is 104 Å². The van der Waals surface area contributed by atoms with Crippen molar-refractivity contribution in [2.75, 3.05) is 18.0 Å². The molecule has 1 heterocycles. The Morgan fingerprint density at radius 2 is 2.22 bits per heavy atom. The zero-order chi connectivity index (χ0) is 13.1. The maximum absolute atomic E-state index is 11.4. The molecule has 1 aliphatic rings. The molecule has 2 rings (SSSR count). The van der Waals surface area contributed by atoms with Crippen molar-refractivity contribution in [2.24, 2.45) is 0 Å². The maximum atomic E-state index is 11.4. The molecule has 0 N–H and O–H groups in total. The number of nitro groups is 1. The second-order valence-electron chi connectivity index (χ2n) is 4.11. The lowest BCUT2D eigenvalue weighted by Gasteiger charge is -2.27. The first-order valence-corrected chi connectivity index (χ1v) is 5.57. The number of para-hydroxylation sites is 1. The minimum atomic E-state index is -0.563. The number of Topliss-reactive ketones (excluding diaryl/α,β-unsaturated/α-hetero) is 1. The van der Waals surface area contributed by atoms with Gasteiger partial charge in [-0.2, -0.15) is 5.26 Å². The number of carbonyl (C=O) groups is 1. The summed E-state index contributed by atoms with van der Waals surface area (Å²) in [6.45, 7) is 0.775. The smallest absolute Gasteiger partial charge is 0.310 e. The molecule has 1 aromatic carbocycles. The second-order valence-corrected chi connectivity index (χ2v) is 4.11. The molecule has 0 amide bonds. The number of hydrogen-bond donors (Lipinski definition) is 0. The quantitative estimate of drug-likeness (QED) is 0.583. The first-order valence-electron chi connectivity index (χ1n) is 5.57. The van der Waals surface area contributed by atoms with Crippen LogP contribution in [-0.4, -0.2) is 23.8 Å². The number of piperidine rings is 1. The van der Waals surface area contributed by atoms with E-state index in [2.05, 4.69) is 0 Å². The second kappa shape index (κ2) is 4.84. The molecule has 0 atom stereocenters. The predicted octanol–water partition coefficient (Wildman–Crippen LogP) is 1.64. The van der Waals surface area contributed by atoms with E-state index >= 15 is 0 Å². The van der Waals surface area contributed by atoms with E-state index in [1.807, 2.05) is 6.07 Å². The Balaban J connectivity index is 2.47. The highest BCUT2D eigenvalue weighted by atomic mass is 16.6. The third-order valence-electron chi connectivity index (χ3n) is 2.91. The van der Waals surface area contributed by atoms with Gasteiger partial charge in [0.1, 0.15) is 17.3 Å². The Kier molecular flexibility index (Phi) is 3.24. The van der Waals surface area contributed by atoms with Crippen molar-refractivity contribution < 1.29 is 9.72 Å². The SMILES string of the molecule is N#Cc1cccc(N2CCCC(=O)C2)c1[N+](=O)[O-]. The highest BCUT2D eigenvalue weighted by molar-refractivity contribution is 5.86. The minimum Gasteiger partial charge on any atom is -0.359 e. The van der Waals surface area contributed by atoms with E-state index in [0.717, 1.165) is 0 Å². The number of anilines is 1. The van der Waals surface area contributed by atoms with E-state index in [1.54, 1.807) is 17.0 Å². The lowest BCUT2D eigenvalue weighted by molar-refractivity contribution is -0.384. The van der Waals surface area contributed by atoms with Gasteiger partial charge in [0.25, 0.3) is 0 Å². The van der Waals surface area contributed by atoms with Gasteiger partial charge in [0.15, 0.2) is 5.78 Å². The Morgan fingerprint density at radius 3 is 2.83 bits per heavy atom. The normalized spacial score (nSPS) is 15.3. The van der Waals surface area contributed by atoms with Crippen LogP contribution < -0.4 is 4.90 Å². The van der Waals surface area contributed by atoms with E-state index in [1.165, 1.54) is 6.07 Å². The van der Waals surface area contributed by atoms with Crippen molar-refractivity contribution in [3.63, 3.8) is 0 Å². The number of benzene rings is 1. The first-order chi connectivity index (χ1) is 8.63. The van der Waals surface area contributed by atoms with E-state index in [4.69, 9.17) is 5.26 Å².